The highest BCUT2D eigenvalue weighted by molar-refractivity contribution is 9.10. The van der Waals surface area contributed by atoms with E-state index < -0.39 is 0 Å². The highest BCUT2D eigenvalue weighted by Gasteiger charge is 2.45. The van der Waals surface area contributed by atoms with Crippen LogP contribution in [0.5, 0.6) is 0 Å². The van der Waals surface area contributed by atoms with E-state index in [2.05, 4.69) is 40.7 Å². The SMILES string of the molecule is CCCN(c1nc(-c2ccc(Br)cc2Cl)c(C)s1)C(C1CC1)C1CC1. The van der Waals surface area contributed by atoms with Gasteiger partial charge in [-0.05, 0) is 63.0 Å². The first kappa shape index (κ1) is 17.8. The molecular weight excluding hydrogens is 416 g/mol. The van der Waals surface area contributed by atoms with E-state index in [1.165, 1.54) is 42.1 Å². The third kappa shape index (κ3) is 3.77. The van der Waals surface area contributed by atoms with Crippen molar-refractivity contribution in [2.24, 2.45) is 11.8 Å². The van der Waals surface area contributed by atoms with E-state index in [4.69, 9.17) is 16.6 Å². The Balaban J connectivity index is 1.69. The standard InChI is InChI=1S/C20H24BrClN2S/c1-3-10-24(19(13-4-5-13)14-6-7-14)20-23-18(12(2)25-20)16-9-8-15(21)11-17(16)22/h8-9,11,13-14,19H,3-7,10H2,1-2H3. The summed E-state index contributed by atoms with van der Waals surface area (Å²) in [6.45, 7) is 5.55. The van der Waals surface area contributed by atoms with Crippen molar-refractivity contribution >= 4 is 44.0 Å². The molecule has 5 heteroatoms. The van der Waals surface area contributed by atoms with Gasteiger partial charge in [0.1, 0.15) is 0 Å². The predicted molar refractivity (Wildman–Crippen MR) is 112 cm³/mol. The maximum absolute atomic E-state index is 6.49. The third-order valence-corrected chi connectivity index (χ3v) is 7.07. The van der Waals surface area contributed by atoms with E-state index in [0.717, 1.165) is 39.1 Å². The number of hydrogen-bond acceptors (Lipinski definition) is 3. The van der Waals surface area contributed by atoms with E-state index in [1.54, 1.807) is 0 Å². The average molecular weight is 440 g/mol. The van der Waals surface area contributed by atoms with E-state index in [-0.39, 0.29) is 0 Å². The van der Waals surface area contributed by atoms with Crippen LogP contribution in [0.25, 0.3) is 11.3 Å². The maximum atomic E-state index is 6.49. The number of halogens is 2. The quantitative estimate of drug-likeness (QED) is 0.464. The molecule has 0 saturated heterocycles. The minimum atomic E-state index is 0.707. The summed E-state index contributed by atoms with van der Waals surface area (Å²) >= 11 is 11.8. The fraction of sp³-hybridized carbons (Fsp3) is 0.550. The molecule has 2 aliphatic rings. The van der Waals surface area contributed by atoms with Crippen LogP contribution in [0.1, 0.15) is 43.9 Å². The molecule has 0 unspecified atom stereocenters. The van der Waals surface area contributed by atoms with Crippen LogP contribution >= 0.6 is 38.9 Å². The number of aryl methyl sites for hydroxylation is 1. The molecule has 2 aromatic rings. The molecule has 1 aromatic carbocycles. The third-order valence-electron chi connectivity index (χ3n) is 5.25. The summed E-state index contributed by atoms with van der Waals surface area (Å²) in [6.07, 6.45) is 6.77. The van der Waals surface area contributed by atoms with Crippen LogP contribution in [0.2, 0.25) is 5.02 Å². The monoisotopic (exact) mass is 438 g/mol. The van der Waals surface area contributed by atoms with Gasteiger partial charge in [-0.15, -0.1) is 11.3 Å². The van der Waals surface area contributed by atoms with Gasteiger partial charge in [0.15, 0.2) is 5.13 Å². The van der Waals surface area contributed by atoms with Crippen LogP contribution in [0, 0.1) is 18.8 Å². The van der Waals surface area contributed by atoms with E-state index in [9.17, 15) is 0 Å². The molecule has 0 N–H and O–H groups in total. The molecule has 1 heterocycles. The Morgan fingerprint density at radius 2 is 1.96 bits per heavy atom. The molecule has 2 saturated carbocycles. The summed E-state index contributed by atoms with van der Waals surface area (Å²) in [5.74, 6) is 1.78. The second-order valence-electron chi connectivity index (χ2n) is 7.38. The van der Waals surface area contributed by atoms with Gasteiger partial charge in [-0.2, -0.15) is 0 Å². The van der Waals surface area contributed by atoms with Crippen molar-refractivity contribution in [1.82, 2.24) is 4.98 Å². The van der Waals surface area contributed by atoms with Gasteiger partial charge in [0.2, 0.25) is 0 Å². The average Bonchev–Trinajstić information content (AvgIpc) is 3.48. The first-order chi connectivity index (χ1) is 12.1. The summed E-state index contributed by atoms with van der Waals surface area (Å²) in [6, 6.07) is 6.78. The zero-order valence-corrected chi connectivity index (χ0v) is 17.9. The molecule has 25 heavy (non-hydrogen) atoms. The first-order valence-electron chi connectivity index (χ1n) is 9.28. The zero-order valence-electron chi connectivity index (χ0n) is 14.8. The van der Waals surface area contributed by atoms with Crippen LogP contribution in [0.3, 0.4) is 0 Å². The van der Waals surface area contributed by atoms with Gasteiger partial charge in [0, 0.05) is 27.5 Å². The Labute approximate surface area is 167 Å². The van der Waals surface area contributed by atoms with Gasteiger partial charge in [0.25, 0.3) is 0 Å². The summed E-state index contributed by atoms with van der Waals surface area (Å²) in [4.78, 5) is 8.96. The molecule has 2 aliphatic carbocycles. The highest BCUT2D eigenvalue weighted by atomic mass is 79.9. The minimum absolute atomic E-state index is 0.707. The number of hydrogen-bond donors (Lipinski definition) is 0. The lowest BCUT2D eigenvalue weighted by molar-refractivity contribution is 0.476. The van der Waals surface area contributed by atoms with Gasteiger partial charge in [-0.25, -0.2) is 4.98 Å². The molecule has 2 nitrogen and oxygen atoms in total. The highest BCUT2D eigenvalue weighted by Crippen LogP contribution is 2.49. The Bertz CT molecular complexity index is 755. The fourth-order valence-corrected chi connectivity index (χ4v) is 5.58. The lowest BCUT2D eigenvalue weighted by Gasteiger charge is -2.32. The predicted octanol–water partition coefficient (Wildman–Crippen LogP) is 6.94. The van der Waals surface area contributed by atoms with Crippen molar-refractivity contribution in [3.63, 3.8) is 0 Å². The molecule has 134 valence electrons. The van der Waals surface area contributed by atoms with Crippen LogP contribution in [0.4, 0.5) is 5.13 Å². The molecule has 0 atom stereocenters. The van der Waals surface area contributed by atoms with Crippen molar-refractivity contribution < 1.29 is 0 Å². The zero-order chi connectivity index (χ0) is 17.6. The Kier molecular flexibility index (Phi) is 5.13. The summed E-state index contributed by atoms with van der Waals surface area (Å²) < 4.78 is 1.00. The molecule has 0 spiro atoms. The molecule has 0 amide bonds. The van der Waals surface area contributed by atoms with E-state index in [1.807, 2.05) is 23.5 Å². The maximum Gasteiger partial charge on any atom is 0.186 e. The molecule has 0 aliphatic heterocycles. The number of thiazole rings is 1. The van der Waals surface area contributed by atoms with Gasteiger partial charge >= 0.3 is 0 Å². The summed E-state index contributed by atoms with van der Waals surface area (Å²) in [7, 11) is 0. The largest absolute Gasteiger partial charge is 0.345 e. The number of benzene rings is 1. The van der Waals surface area contributed by atoms with Gasteiger partial charge < -0.3 is 4.90 Å². The molecule has 0 bridgehead atoms. The van der Waals surface area contributed by atoms with Gasteiger partial charge in [0.05, 0.1) is 10.7 Å². The van der Waals surface area contributed by atoms with Crippen molar-refractivity contribution in [3.05, 3.63) is 32.6 Å². The van der Waals surface area contributed by atoms with Crippen molar-refractivity contribution in [3.8, 4) is 11.3 Å². The number of nitrogens with zero attached hydrogens (tertiary/aromatic N) is 2. The van der Waals surface area contributed by atoms with Crippen molar-refractivity contribution in [2.45, 2.75) is 52.0 Å². The normalized spacial score (nSPS) is 17.3. The minimum Gasteiger partial charge on any atom is -0.345 e. The number of rotatable bonds is 7. The van der Waals surface area contributed by atoms with Crippen LogP contribution < -0.4 is 4.90 Å². The Morgan fingerprint density at radius 1 is 1.28 bits per heavy atom. The first-order valence-corrected chi connectivity index (χ1v) is 11.3. The second kappa shape index (κ2) is 7.21. The number of anilines is 1. The van der Waals surface area contributed by atoms with Gasteiger partial charge in [-0.3, -0.25) is 0 Å². The van der Waals surface area contributed by atoms with Crippen molar-refractivity contribution in [2.75, 3.05) is 11.4 Å². The smallest absolute Gasteiger partial charge is 0.186 e. The molecule has 1 aromatic heterocycles. The summed E-state index contributed by atoms with van der Waals surface area (Å²) in [5.41, 5.74) is 2.08. The number of aromatic nitrogens is 1. The Morgan fingerprint density at radius 3 is 2.52 bits per heavy atom. The van der Waals surface area contributed by atoms with E-state index >= 15 is 0 Å². The van der Waals surface area contributed by atoms with Crippen molar-refractivity contribution in [1.29, 1.82) is 0 Å². The van der Waals surface area contributed by atoms with Gasteiger partial charge in [-0.1, -0.05) is 40.5 Å². The molecular formula is C20H24BrClN2S. The molecule has 0 radical (unpaired) electrons. The second-order valence-corrected chi connectivity index (χ2v) is 9.89. The Hall–Kier alpha value is -0.580. The lowest BCUT2D eigenvalue weighted by atomic mass is 10.1. The fourth-order valence-electron chi connectivity index (χ4n) is 3.82. The van der Waals surface area contributed by atoms with E-state index in [0.29, 0.717) is 6.04 Å². The topological polar surface area (TPSA) is 16.1 Å². The molecule has 2 fully saturated rings. The molecule has 4 rings (SSSR count). The summed E-state index contributed by atoms with van der Waals surface area (Å²) in [5, 5.41) is 1.95. The lowest BCUT2D eigenvalue weighted by Crippen LogP contribution is -2.39. The van der Waals surface area contributed by atoms with Crippen LogP contribution in [-0.4, -0.2) is 17.6 Å². The van der Waals surface area contributed by atoms with Crippen LogP contribution in [0.15, 0.2) is 22.7 Å². The van der Waals surface area contributed by atoms with Crippen LogP contribution in [-0.2, 0) is 0 Å².